The van der Waals surface area contributed by atoms with E-state index in [0.717, 1.165) is 29.1 Å². The molecule has 4 heterocycles. The zero-order valence-corrected chi connectivity index (χ0v) is 19.4. The third-order valence-electron chi connectivity index (χ3n) is 5.92. The lowest BCUT2D eigenvalue weighted by molar-refractivity contribution is -0.141. The van der Waals surface area contributed by atoms with Crippen molar-refractivity contribution in [2.24, 2.45) is 4.99 Å². The number of hydrogen-bond donors (Lipinski definition) is 0. The molecule has 5 rings (SSSR count). The van der Waals surface area contributed by atoms with Gasteiger partial charge in [-0.3, -0.25) is 9.79 Å². The lowest BCUT2D eigenvalue weighted by Gasteiger charge is -2.37. The number of aromatic nitrogens is 4. The maximum Gasteiger partial charge on any atom is 0.434 e. The van der Waals surface area contributed by atoms with Crippen molar-refractivity contribution in [2.45, 2.75) is 25.2 Å². The highest BCUT2D eigenvalue weighted by atomic mass is 35.5. The third kappa shape index (κ3) is 3.82. The zero-order chi connectivity index (χ0) is 25.9. The van der Waals surface area contributed by atoms with Crippen molar-refractivity contribution in [3.63, 3.8) is 0 Å². The van der Waals surface area contributed by atoms with Crippen LogP contribution in [0.5, 0.6) is 0 Å². The molecule has 0 unspecified atom stereocenters. The quantitative estimate of drug-likeness (QED) is 0.482. The van der Waals surface area contributed by atoms with Crippen LogP contribution in [-0.4, -0.2) is 62.6 Å². The number of methoxy groups -OCH3 is 1. The molecule has 14 heteroatoms. The lowest BCUT2D eigenvalue weighted by Crippen LogP contribution is -2.54. The number of pyridine rings is 1. The van der Waals surface area contributed by atoms with Crippen molar-refractivity contribution in [1.82, 2.24) is 24.6 Å². The Labute approximate surface area is 205 Å². The highest BCUT2D eigenvalue weighted by Crippen LogP contribution is 2.40. The lowest BCUT2D eigenvalue weighted by atomic mass is 9.99. The van der Waals surface area contributed by atoms with E-state index >= 15 is 0 Å². The second-order valence-corrected chi connectivity index (χ2v) is 8.58. The average molecular weight is 527 g/mol. The van der Waals surface area contributed by atoms with Crippen LogP contribution in [0.15, 0.2) is 29.4 Å². The zero-order valence-electron chi connectivity index (χ0n) is 18.6. The molecule has 8 nitrogen and oxygen atoms in total. The molecular formula is C22H16ClF5N6O2. The predicted molar refractivity (Wildman–Crippen MR) is 116 cm³/mol. The van der Waals surface area contributed by atoms with Gasteiger partial charge in [-0.2, -0.15) is 13.2 Å². The Kier molecular flexibility index (Phi) is 5.79. The first-order chi connectivity index (χ1) is 17.0. The van der Waals surface area contributed by atoms with Crippen LogP contribution in [0.1, 0.15) is 46.2 Å². The van der Waals surface area contributed by atoms with Crippen LogP contribution in [0.4, 0.5) is 22.0 Å². The number of amides is 1. The summed E-state index contributed by atoms with van der Waals surface area (Å²) in [6.45, 7) is 2.14. The molecule has 188 valence electrons. The molecule has 1 aromatic carbocycles. The van der Waals surface area contributed by atoms with Gasteiger partial charge in [0, 0.05) is 25.8 Å². The van der Waals surface area contributed by atoms with Gasteiger partial charge < -0.3 is 9.64 Å². The van der Waals surface area contributed by atoms with Crippen molar-refractivity contribution < 1.29 is 31.5 Å². The molecule has 2 aromatic heterocycles. The van der Waals surface area contributed by atoms with E-state index < -0.39 is 57.3 Å². The number of nitrogens with zero attached hydrogens (tertiary/aromatic N) is 6. The molecule has 0 saturated carbocycles. The van der Waals surface area contributed by atoms with Gasteiger partial charge in [0.05, 0.1) is 34.3 Å². The summed E-state index contributed by atoms with van der Waals surface area (Å²) in [5, 5.41) is 3.27. The largest absolute Gasteiger partial charge is 0.434 e. The van der Waals surface area contributed by atoms with Gasteiger partial charge in [-0.05, 0) is 19.1 Å². The van der Waals surface area contributed by atoms with E-state index in [0.29, 0.717) is 13.1 Å². The highest BCUT2D eigenvalue weighted by Gasteiger charge is 2.40. The average Bonchev–Trinajstić information content (AvgIpc) is 3.18. The summed E-state index contributed by atoms with van der Waals surface area (Å²) in [5.41, 5.74) is -3.21. The van der Waals surface area contributed by atoms with Crippen LogP contribution >= 0.6 is 11.6 Å². The monoisotopic (exact) mass is 526 g/mol. The summed E-state index contributed by atoms with van der Waals surface area (Å²) in [7, 11) is 1.52. The van der Waals surface area contributed by atoms with E-state index in [-0.39, 0.29) is 23.4 Å². The number of fused-ring (bicyclic) bond motifs is 3. The van der Waals surface area contributed by atoms with Crippen molar-refractivity contribution in [3.05, 3.63) is 69.5 Å². The van der Waals surface area contributed by atoms with Crippen molar-refractivity contribution in [2.75, 3.05) is 20.2 Å². The first-order valence-corrected chi connectivity index (χ1v) is 11.0. The first kappa shape index (κ1) is 24.3. The Morgan fingerprint density at radius 2 is 1.83 bits per heavy atom. The van der Waals surface area contributed by atoms with Gasteiger partial charge in [0.15, 0.2) is 11.5 Å². The minimum atomic E-state index is -4.97. The van der Waals surface area contributed by atoms with Gasteiger partial charge in [0.2, 0.25) is 5.82 Å². The third-order valence-corrected chi connectivity index (χ3v) is 6.29. The van der Waals surface area contributed by atoms with Gasteiger partial charge in [0.1, 0.15) is 17.7 Å². The maximum absolute atomic E-state index is 14.8. The summed E-state index contributed by atoms with van der Waals surface area (Å²) >= 11 is 6.17. The molecule has 0 aliphatic carbocycles. The Morgan fingerprint density at radius 1 is 1.17 bits per heavy atom. The number of benzene rings is 1. The van der Waals surface area contributed by atoms with Crippen LogP contribution in [-0.2, 0) is 10.9 Å². The molecule has 0 spiro atoms. The first-order valence-electron chi connectivity index (χ1n) is 10.6. The summed E-state index contributed by atoms with van der Waals surface area (Å²) in [4.78, 5) is 26.3. The van der Waals surface area contributed by atoms with Gasteiger partial charge in [0.25, 0.3) is 5.91 Å². The topological polar surface area (TPSA) is 85.5 Å². The Balaban J connectivity index is 1.73. The molecule has 1 amide bonds. The van der Waals surface area contributed by atoms with E-state index in [1.54, 1.807) is 0 Å². The van der Waals surface area contributed by atoms with Gasteiger partial charge >= 0.3 is 6.18 Å². The molecule has 2 aliphatic rings. The molecule has 0 N–H and O–H groups in total. The second kappa shape index (κ2) is 8.59. The number of aliphatic imine (C=N–C) groups is 1. The number of carbonyl (C=O) groups excluding carboxylic acids is 1. The molecule has 36 heavy (non-hydrogen) atoms. The second-order valence-electron chi connectivity index (χ2n) is 8.20. The summed E-state index contributed by atoms with van der Waals surface area (Å²) < 4.78 is 76.8. The maximum atomic E-state index is 14.8. The van der Waals surface area contributed by atoms with Crippen LogP contribution in [0, 0.1) is 11.6 Å². The minimum Gasteiger partial charge on any atom is -0.378 e. The van der Waals surface area contributed by atoms with Gasteiger partial charge in [-0.25, -0.2) is 23.4 Å². The normalized spacial score (nSPS) is 17.7. The Morgan fingerprint density at radius 3 is 2.44 bits per heavy atom. The number of hydrogen-bond acceptors (Lipinski definition) is 6. The van der Waals surface area contributed by atoms with Crippen molar-refractivity contribution >= 4 is 23.2 Å². The number of alkyl halides is 3. The minimum absolute atomic E-state index is 0.0489. The van der Waals surface area contributed by atoms with Crippen molar-refractivity contribution in [3.8, 4) is 5.69 Å². The molecule has 3 aromatic rings. The van der Waals surface area contributed by atoms with Crippen LogP contribution < -0.4 is 0 Å². The molecular weight excluding hydrogens is 511 g/mol. The SMILES string of the molecule is COC1CN(C(=O)c2nc3n(n2)-c2cnc(C(F)(F)F)c(Cl)c2C(c2c(F)cccc2F)=N[C@H]3C)C1. The summed E-state index contributed by atoms with van der Waals surface area (Å²) in [5.74, 6) is -2.81. The fourth-order valence-corrected chi connectivity index (χ4v) is 4.39. The standard InChI is InChI=1S/C22H16ClF5N6O2/c1-9-20-31-19(21(35)33-7-10(8-33)36-2)32-34(20)13-6-29-18(22(26,27)28)16(23)15(13)17(30-9)14-11(24)4-3-5-12(14)25/h3-6,9-10H,7-8H2,1-2H3/t9-/m0/s1. The van der Waals surface area contributed by atoms with Crippen LogP contribution in [0.2, 0.25) is 5.02 Å². The Hall–Kier alpha value is -3.45. The Bertz CT molecular complexity index is 1400. The van der Waals surface area contributed by atoms with Crippen molar-refractivity contribution in [1.29, 1.82) is 0 Å². The number of ether oxygens (including phenoxy) is 1. The molecule has 1 saturated heterocycles. The molecule has 2 aliphatic heterocycles. The molecule has 0 bridgehead atoms. The van der Waals surface area contributed by atoms with E-state index in [1.807, 2.05) is 0 Å². The van der Waals surface area contributed by atoms with Gasteiger partial charge in [-0.1, -0.05) is 17.7 Å². The smallest absolute Gasteiger partial charge is 0.378 e. The number of rotatable bonds is 3. The van der Waals surface area contributed by atoms with Gasteiger partial charge in [-0.15, -0.1) is 5.10 Å². The van der Waals surface area contributed by atoms with E-state index in [2.05, 4.69) is 20.1 Å². The highest BCUT2D eigenvalue weighted by molar-refractivity contribution is 6.37. The fourth-order valence-electron chi connectivity index (χ4n) is 4.05. The van der Waals surface area contributed by atoms with E-state index in [9.17, 15) is 26.7 Å². The predicted octanol–water partition coefficient (Wildman–Crippen LogP) is 4.00. The molecule has 1 atom stereocenters. The number of carbonyl (C=O) groups is 1. The number of likely N-dealkylation sites (tertiary alicyclic amines) is 1. The number of halogens is 6. The fraction of sp³-hybridized carbons (Fsp3) is 0.318. The summed E-state index contributed by atoms with van der Waals surface area (Å²) in [6.07, 6.45) is -4.28. The summed E-state index contributed by atoms with van der Waals surface area (Å²) in [6, 6.07) is 2.03. The molecule has 0 radical (unpaired) electrons. The van der Waals surface area contributed by atoms with Crippen LogP contribution in [0.25, 0.3) is 5.69 Å². The van der Waals surface area contributed by atoms with E-state index in [4.69, 9.17) is 16.3 Å². The van der Waals surface area contributed by atoms with Crippen LogP contribution in [0.3, 0.4) is 0 Å². The van der Waals surface area contributed by atoms with E-state index in [1.165, 1.54) is 18.9 Å². The molecule has 1 fully saturated rings.